The fourth-order valence-electron chi connectivity index (χ4n) is 2.06. The van der Waals surface area contributed by atoms with E-state index < -0.39 is 5.54 Å². The van der Waals surface area contributed by atoms with Crippen molar-refractivity contribution in [3.05, 3.63) is 71.5 Å². The number of hydrogen-bond donors (Lipinski definition) is 1. The van der Waals surface area contributed by atoms with E-state index in [1.54, 1.807) is 12.1 Å². The van der Waals surface area contributed by atoms with Gasteiger partial charge in [-0.25, -0.2) is 4.39 Å². The van der Waals surface area contributed by atoms with E-state index in [1.807, 2.05) is 37.3 Å². The van der Waals surface area contributed by atoms with Crippen LogP contribution in [0.15, 0.2) is 54.6 Å². The highest BCUT2D eigenvalue weighted by atomic mass is 19.1. The first-order valence-corrected chi connectivity index (χ1v) is 5.77. The Morgan fingerprint density at radius 2 is 1.47 bits per heavy atom. The van der Waals surface area contributed by atoms with Crippen molar-refractivity contribution in [1.29, 1.82) is 0 Å². The van der Waals surface area contributed by atoms with Crippen LogP contribution in [-0.4, -0.2) is 0 Å². The highest BCUT2D eigenvalue weighted by molar-refractivity contribution is 5.37. The predicted octanol–water partition coefficient (Wildman–Crippen LogP) is 3.44. The van der Waals surface area contributed by atoms with Crippen LogP contribution < -0.4 is 5.73 Å². The fourth-order valence-corrected chi connectivity index (χ4v) is 2.06. The van der Waals surface area contributed by atoms with Gasteiger partial charge in [-0.1, -0.05) is 49.4 Å². The average molecular weight is 229 g/mol. The summed E-state index contributed by atoms with van der Waals surface area (Å²) in [5.74, 6) is -0.236. The lowest BCUT2D eigenvalue weighted by molar-refractivity contribution is 0.517. The quantitative estimate of drug-likeness (QED) is 0.857. The summed E-state index contributed by atoms with van der Waals surface area (Å²) < 4.78 is 12.9. The van der Waals surface area contributed by atoms with Crippen LogP contribution >= 0.6 is 0 Å². The van der Waals surface area contributed by atoms with Crippen LogP contribution in [0.2, 0.25) is 0 Å². The summed E-state index contributed by atoms with van der Waals surface area (Å²) in [7, 11) is 0. The molecular formula is C15H16FN. The number of rotatable bonds is 3. The van der Waals surface area contributed by atoms with E-state index in [4.69, 9.17) is 5.73 Å². The van der Waals surface area contributed by atoms with Crippen LogP contribution in [0.5, 0.6) is 0 Å². The van der Waals surface area contributed by atoms with Crippen LogP contribution in [0.3, 0.4) is 0 Å². The van der Waals surface area contributed by atoms with Crippen molar-refractivity contribution in [1.82, 2.24) is 0 Å². The van der Waals surface area contributed by atoms with Gasteiger partial charge in [-0.05, 0) is 29.7 Å². The van der Waals surface area contributed by atoms with E-state index in [-0.39, 0.29) is 5.82 Å². The molecule has 2 aromatic carbocycles. The maximum Gasteiger partial charge on any atom is 0.123 e. The zero-order valence-electron chi connectivity index (χ0n) is 9.86. The molecule has 1 atom stereocenters. The van der Waals surface area contributed by atoms with E-state index in [2.05, 4.69) is 0 Å². The summed E-state index contributed by atoms with van der Waals surface area (Å²) in [5.41, 5.74) is 7.91. The molecule has 0 aliphatic rings. The molecule has 0 amide bonds. The molecule has 88 valence electrons. The molecule has 0 aliphatic carbocycles. The smallest absolute Gasteiger partial charge is 0.123 e. The van der Waals surface area contributed by atoms with E-state index >= 15 is 0 Å². The highest BCUT2D eigenvalue weighted by Crippen LogP contribution is 2.30. The van der Waals surface area contributed by atoms with Gasteiger partial charge >= 0.3 is 0 Å². The van der Waals surface area contributed by atoms with Crippen molar-refractivity contribution in [3.63, 3.8) is 0 Å². The molecule has 0 bridgehead atoms. The van der Waals surface area contributed by atoms with Gasteiger partial charge in [0.05, 0.1) is 5.54 Å². The number of halogens is 1. The third-order valence-electron chi connectivity index (χ3n) is 3.21. The molecule has 0 aromatic heterocycles. The number of nitrogens with two attached hydrogens (primary N) is 1. The van der Waals surface area contributed by atoms with E-state index in [1.165, 1.54) is 12.1 Å². The molecule has 0 unspecified atom stereocenters. The third-order valence-corrected chi connectivity index (χ3v) is 3.21. The monoisotopic (exact) mass is 229 g/mol. The van der Waals surface area contributed by atoms with Crippen LogP contribution in [-0.2, 0) is 5.54 Å². The predicted molar refractivity (Wildman–Crippen MR) is 68.1 cm³/mol. The van der Waals surface area contributed by atoms with E-state index in [9.17, 15) is 4.39 Å². The Hall–Kier alpha value is -1.67. The first kappa shape index (κ1) is 11.8. The van der Waals surface area contributed by atoms with Crippen molar-refractivity contribution in [2.45, 2.75) is 18.9 Å². The molecule has 0 fully saturated rings. The lowest BCUT2D eigenvalue weighted by atomic mass is 9.82. The maximum absolute atomic E-state index is 12.9. The van der Waals surface area contributed by atoms with Gasteiger partial charge in [-0.15, -0.1) is 0 Å². The molecule has 2 N–H and O–H groups in total. The average Bonchev–Trinajstić information content (AvgIpc) is 2.40. The van der Waals surface area contributed by atoms with Gasteiger partial charge in [0, 0.05) is 0 Å². The van der Waals surface area contributed by atoms with Gasteiger partial charge in [0.15, 0.2) is 0 Å². The first-order valence-electron chi connectivity index (χ1n) is 5.77. The third kappa shape index (κ3) is 2.22. The van der Waals surface area contributed by atoms with Crippen molar-refractivity contribution in [2.75, 3.05) is 0 Å². The topological polar surface area (TPSA) is 26.0 Å². The number of hydrogen-bond acceptors (Lipinski definition) is 1. The zero-order valence-corrected chi connectivity index (χ0v) is 9.86. The van der Waals surface area contributed by atoms with Gasteiger partial charge in [0.1, 0.15) is 5.82 Å². The van der Waals surface area contributed by atoms with Gasteiger partial charge in [0.2, 0.25) is 0 Å². The molecule has 0 radical (unpaired) electrons. The lowest BCUT2D eigenvalue weighted by Crippen LogP contribution is -2.37. The summed E-state index contributed by atoms with van der Waals surface area (Å²) >= 11 is 0. The molecule has 2 heteroatoms. The minimum atomic E-state index is -0.547. The Labute approximate surface area is 101 Å². The highest BCUT2D eigenvalue weighted by Gasteiger charge is 2.27. The van der Waals surface area contributed by atoms with Crippen LogP contribution in [0.4, 0.5) is 4.39 Å². The molecule has 0 saturated heterocycles. The van der Waals surface area contributed by atoms with Crippen LogP contribution in [0.25, 0.3) is 0 Å². The number of benzene rings is 2. The van der Waals surface area contributed by atoms with Gasteiger partial charge < -0.3 is 5.73 Å². The second-order valence-electron chi connectivity index (χ2n) is 4.20. The van der Waals surface area contributed by atoms with Gasteiger partial charge in [-0.3, -0.25) is 0 Å². The Bertz CT molecular complexity index is 478. The maximum atomic E-state index is 12.9. The van der Waals surface area contributed by atoms with Crippen LogP contribution in [0.1, 0.15) is 24.5 Å². The SMILES string of the molecule is CC[C@@](N)(c1ccccc1)c1ccc(F)cc1. The Morgan fingerprint density at radius 3 is 2.00 bits per heavy atom. The van der Waals surface area contributed by atoms with Crippen molar-refractivity contribution < 1.29 is 4.39 Å². The summed E-state index contributed by atoms with van der Waals surface area (Å²) in [6.07, 6.45) is 0.767. The summed E-state index contributed by atoms with van der Waals surface area (Å²) in [4.78, 5) is 0. The Balaban J connectivity index is 2.48. The van der Waals surface area contributed by atoms with Crippen LogP contribution in [0, 0.1) is 5.82 Å². The molecule has 2 aromatic rings. The Kier molecular flexibility index (Phi) is 3.25. The normalized spacial score (nSPS) is 14.3. The lowest BCUT2D eigenvalue weighted by Gasteiger charge is -2.29. The van der Waals surface area contributed by atoms with Crippen molar-refractivity contribution in [2.24, 2.45) is 5.73 Å². The first-order chi connectivity index (χ1) is 8.16. The second kappa shape index (κ2) is 4.68. The minimum Gasteiger partial charge on any atom is -0.318 e. The zero-order chi connectivity index (χ0) is 12.3. The van der Waals surface area contributed by atoms with Crippen molar-refractivity contribution >= 4 is 0 Å². The van der Waals surface area contributed by atoms with E-state index in [0.29, 0.717) is 0 Å². The second-order valence-corrected chi connectivity index (χ2v) is 4.20. The molecule has 17 heavy (non-hydrogen) atoms. The largest absolute Gasteiger partial charge is 0.318 e. The standard InChI is InChI=1S/C15H16FN/c1-2-15(17,12-6-4-3-5-7-12)13-8-10-14(16)11-9-13/h3-11H,2,17H2,1H3/t15-/m1/s1. The summed E-state index contributed by atoms with van der Waals surface area (Å²) in [5, 5.41) is 0. The molecule has 0 spiro atoms. The molecule has 0 aliphatic heterocycles. The van der Waals surface area contributed by atoms with E-state index in [0.717, 1.165) is 17.5 Å². The summed E-state index contributed by atoms with van der Waals surface area (Å²) in [6, 6.07) is 16.3. The van der Waals surface area contributed by atoms with Gasteiger partial charge in [0.25, 0.3) is 0 Å². The van der Waals surface area contributed by atoms with Crippen molar-refractivity contribution in [3.8, 4) is 0 Å². The minimum absolute atomic E-state index is 0.236. The van der Waals surface area contributed by atoms with Gasteiger partial charge in [-0.2, -0.15) is 0 Å². The summed E-state index contributed by atoms with van der Waals surface area (Å²) in [6.45, 7) is 2.04. The molecular weight excluding hydrogens is 213 g/mol. The molecule has 0 heterocycles. The molecule has 2 rings (SSSR count). The molecule has 1 nitrogen and oxygen atoms in total. The fraction of sp³-hybridized carbons (Fsp3) is 0.200. The molecule has 0 saturated carbocycles. The Morgan fingerprint density at radius 1 is 0.941 bits per heavy atom.